The van der Waals surface area contributed by atoms with Gasteiger partial charge in [-0.3, -0.25) is 4.79 Å². The van der Waals surface area contributed by atoms with Gasteiger partial charge >= 0.3 is 0 Å². The van der Waals surface area contributed by atoms with E-state index in [1.807, 2.05) is 0 Å². The highest BCUT2D eigenvalue weighted by Gasteiger charge is 2.20. The highest BCUT2D eigenvalue weighted by atomic mass is 35.5. The van der Waals surface area contributed by atoms with Gasteiger partial charge in [0.05, 0.1) is 19.1 Å². The van der Waals surface area contributed by atoms with E-state index < -0.39 is 0 Å². The lowest BCUT2D eigenvalue weighted by atomic mass is 9.95. The molecule has 0 bridgehead atoms. The molecule has 2 rings (SSSR count). The zero-order valence-electron chi connectivity index (χ0n) is 10.2. The van der Waals surface area contributed by atoms with Crippen molar-refractivity contribution in [2.24, 2.45) is 0 Å². The molecule has 5 heteroatoms. The number of hydrogen-bond donors (Lipinski definition) is 2. The van der Waals surface area contributed by atoms with Crippen molar-refractivity contribution in [3.63, 3.8) is 0 Å². The molecule has 1 saturated heterocycles. The molecule has 0 aromatic heterocycles. The van der Waals surface area contributed by atoms with E-state index in [1.54, 1.807) is 0 Å². The summed E-state index contributed by atoms with van der Waals surface area (Å²) in [7, 11) is 0. The van der Waals surface area contributed by atoms with Crippen LogP contribution in [0, 0.1) is 0 Å². The second kappa shape index (κ2) is 7.90. The molecule has 1 heterocycles. The van der Waals surface area contributed by atoms with Crippen molar-refractivity contribution in [3.8, 4) is 0 Å². The molecule has 2 aliphatic rings. The van der Waals surface area contributed by atoms with Crippen molar-refractivity contribution >= 4 is 18.3 Å². The van der Waals surface area contributed by atoms with Crippen LogP contribution in [0.2, 0.25) is 0 Å². The predicted octanol–water partition coefficient (Wildman–Crippen LogP) is 1.24. The molecule has 1 saturated carbocycles. The molecular formula is C12H23ClN2O2. The molecular weight excluding hydrogens is 240 g/mol. The van der Waals surface area contributed by atoms with E-state index in [9.17, 15) is 4.79 Å². The Bertz CT molecular complexity index is 205. The number of amides is 1. The van der Waals surface area contributed by atoms with Gasteiger partial charge in [-0.15, -0.1) is 12.4 Å². The van der Waals surface area contributed by atoms with Crippen LogP contribution >= 0.6 is 12.4 Å². The maximum Gasteiger partial charge on any atom is 0.222 e. The summed E-state index contributed by atoms with van der Waals surface area (Å²) >= 11 is 0. The van der Waals surface area contributed by atoms with Gasteiger partial charge in [0.1, 0.15) is 0 Å². The fourth-order valence-electron chi connectivity index (χ4n) is 2.49. The largest absolute Gasteiger partial charge is 0.375 e. The van der Waals surface area contributed by atoms with Crippen LogP contribution in [0.15, 0.2) is 0 Å². The number of nitrogens with one attached hydrogen (secondary N) is 2. The van der Waals surface area contributed by atoms with E-state index in [2.05, 4.69) is 10.6 Å². The van der Waals surface area contributed by atoms with Gasteiger partial charge in [0.15, 0.2) is 0 Å². The van der Waals surface area contributed by atoms with E-state index in [-0.39, 0.29) is 24.4 Å². The summed E-state index contributed by atoms with van der Waals surface area (Å²) in [5, 5.41) is 6.36. The van der Waals surface area contributed by atoms with Crippen LogP contribution in [-0.4, -0.2) is 37.7 Å². The molecule has 1 amide bonds. The molecule has 1 unspecified atom stereocenters. The van der Waals surface area contributed by atoms with Gasteiger partial charge < -0.3 is 15.4 Å². The highest BCUT2D eigenvalue weighted by molar-refractivity contribution is 5.85. The van der Waals surface area contributed by atoms with Crippen molar-refractivity contribution in [2.75, 3.05) is 19.7 Å². The van der Waals surface area contributed by atoms with Gasteiger partial charge in [-0.05, 0) is 12.8 Å². The lowest BCUT2D eigenvalue weighted by Gasteiger charge is -2.26. The quantitative estimate of drug-likeness (QED) is 0.805. The lowest BCUT2D eigenvalue weighted by molar-refractivity contribution is -0.125. The van der Waals surface area contributed by atoms with E-state index in [0.29, 0.717) is 12.5 Å². The molecule has 1 atom stereocenters. The van der Waals surface area contributed by atoms with Crippen LogP contribution in [0.4, 0.5) is 0 Å². The zero-order chi connectivity index (χ0) is 11.2. The number of rotatable bonds is 3. The molecule has 2 N–H and O–H groups in total. The number of morpholine rings is 1. The minimum absolute atomic E-state index is 0. The molecule has 0 radical (unpaired) electrons. The van der Waals surface area contributed by atoms with Crippen molar-refractivity contribution < 1.29 is 9.53 Å². The Morgan fingerprint density at radius 3 is 2.71 bits per heavy atom. The molecule has 1 aliphatic heterocycles. The normalized spacial score (nSPS) is 26.0. The van der Waals surface area contributed by atoms with Gasteiger partial charge in [0.25, 0.3) is 0 Å². The third-order valence-electron chi connectivity index (χ3n) is 3.39. The summed E-state index contributed by atoms with van der Waals surface area (Å²) in [5.41, 5.74) is 0. The van der Waals surface area contributed by atoms with E-state index in [4.69, 9.17) is 4.74 Å². The zero-order valence-corrected chi connectivity index (χ0v) is 11.1. The van der Waals surface area contributed by atoms with Crippen molar-refractivity contribution in [2.45, 2.75) is 50.7 Å². The number of ether oxygens (including phenoxy) is 1. The van der Waals surface area contributed by atoms with Gasteiger partial charge in [-0.25, -0.2) is 0 Å². The SMILES string of the molecule is Cl.O=C(CC1CNCCO1)NC1CCCCC1. The molecule has 1 aliphatic carbocycles. The standard InChI is InChI=1S/C12H22N2O2.ClH/c15-12(8-11-9-13-6-7-16-11)14-10-4-2-1-3-5-10;/h10-11,13H,1-9H2,(H,14,15);1H. The first-order valence-electron chi connectivity index (χ1n) is 6.46. The van der Waals surface area contributed by atoms with Gasteiger partial charge in [-0.1, -0.05) is 19.3 Å². The molecule has 2 fully saturated rings. The minimum atomic E-state index is 0. The van der Waals surface area contributed by atoms with E-state index >= 15 is 0 Å². The molecule has 4 nitrogen and oxygen atoms in total. The Labute approximate surface area is 109 Å². The maximum absolute atomic E-state index is 11.8. The van der Waals surface area contributed by atoms with Crippen molar-refractivity contribution in [3.05, 3.63) is 0 Å². The summed E-state index contributed by atoms with van der Waals surface area (Å²) < 4.78 is 5.51. The Kier molecular flexibility index (Phi) is 6.85. The maximum atomic E-state index is 11.8. The summed E-state index contributed by atoms with van der Waals surface area (Å²) in [5.74, 6) is 0.153. The van der Waals surface area contributed by atoms with Crippen LogP contribution in [0.3, 0.4) is 0 Å². The summed E-state index contributed by atoms with van der Waals surface area (Å²) in [6.45, 7) is 2.43. The first kappa shape index (κ1) is 14.7. The molecule has 100 valence electrons. The summed E-state index contributed by atoms with van der Waals surface area (Å²) in [4.78, 5) is 11.8. The minimum Gasteiger partial charge on any atom is -0.375 e. The Hall–Kier alpha value is -0.320. The Morgan fingerprint density at radius 1 is 1.29 bits per heavy atom. The molecule has 0 aromatic rings. The Balaban J connectivity index is 0.00000144. The van der Waals surface area contributed by atoms with Crippen LogP contribution in [-0.2, 0) is 9.53 Å². The molecule has 0 aromatic carbocycles. The Morgan fingerprint density at radius 2 is 2.06 bits per heavy atom. The molecule has 0 spiro atoms. The number of carbonyl (C=O) groups is 1. The average Bonchev–Trinajstić information content (AvgIpc) is 2.31. The van der Waals surface area contributed by atoms with Crippen LogP contribution < -0.4 is 10.6 Å². The van der Waals surface area contributed by atoms with Crippen LogP contribution in [0.5, 0.6) is 0 Å². The highest BCUT2D eigenvalue weighted by Crippen LogP contribution is 2.17. The van der Waals surface area contributed by atoms with Gasteiger partial charge in [0, 0.05) is 19.1 Å². The van der Waals surface area contributed by atoms with Crippen LogP contribution in [0.1, 0.15) is 38.5 Å². The first-order valence-corrected chi connectivity index (χ1v) is 6.46. The number of halogens is 1. The van der Waals surface area contributed by atoms with E-state index in [0.717, 1.165) is 32.5 Å². The second-order valence-electron chi connectivity index (χ2n) is 4.80. The van der Waals surface area contributed by atoms with Gasteiger partial charge in [0.2, 0.25) is 5.91 Å². The predicted molar refractivity (Wildman–Crippen MR) is 69.5 cm³/mol. The van der Waals surface area contributed by atoms with Crippen LogP contribution in [0.25, 0.3) is 0 Å². The third kappa shape index (κ3) is 5.23. The number of carbonyl (C=O) groups excluding carboxylic acids is 1. The van der Waals surface area contributed by atoms with E-state index in [1.165, 1.54) is 19.3 Å². The number of hydrogen-bond acceptors (Lipinski definition) is 3. The summed E-state index contributed by atoms with van der Waals surface area (Å²) in [6.07, 6.45) is 6.70. The fraction of sp³-hybridized carbons (Fsp3) is 0.917. The first-order chi connectivity index (χ1) is 7.84. The second-order valence-corrected chi connectivity index (χ2v) is 4.80. The topological polar surface area (TPSA) is 50.4 Å². The third-order valence-corrected chi connectivity index (χ3v) is 3.39. The smallest absolute Gasteiger partial charge is 0.222 e. The van der Waals surface area contributed by atoms with Crippen molar-refractivity contribution in [1.82, 2.24) is 10.6 Å². The fourth-order valence-corrected chi connectivity index (χ4v) is 2.49. The monoisotopic (exact) mass is 262 g/mol. The average molecular weight is 263 g/mol. The molecule has 17 heavy (non-hydrogen) atoms. The van der Waals surface area contributed by atoms with Crippen molar-refractivity contribution in [1.29, 1.82) is 0 Å². The lowest BCUT2D eigenvalue weighted by Crippen LogP contribution is -2.43. The summed E-state index contributed by atoms with van der Waals surface area (Å²) in [6, 6.07) is 0.415. The van der Waals surface area contributed by atoms with Gasteiger partial charge in [-0.2, -0.15) is 0 Å².